The number of rotatable bonds is 5. The second kappa shape index (κ2) is 14.4. The number of benzene rings is 8. The fourth-order valence-electron chi connectivity index (χ4n) is 11.6. The Kier molecular flexibility index (Phi) is 8.64. The lowest BCUT2D eigenvalue weighted by molar-refractivity contribution is -0.944. The number of furan rings is 1. The molecule has 0 radical (unpaired) electrons. The smallest absolute Gasteiger partial charge is 0.364 e. The third-order valence-corrected chi connectivity index (χ3v) is 16.8. The quantitative estimate of drug-likeness (QED) is 0.125. The van der Waals surface area contributed by atoms with Crippen molar-refractivity contribution in [2.45, 2.75) is 58.4 Å². The highest BCUT2D eigenvalue weighted by atomic mass is 28.3. The molecule has 0 N–H and O–H groups in total. The SMILES string of the molecule is Cc1ccc(-c2ccc3c(c2)oc2cc4c(cc23)-c2n(-c3ccc(-c5ccccc5)cc3-c3ccccc3)c3ccccc3[n+]2C42c3ccccc3-c3cc(C(C)(C)C)c([Si](C)(C)C)c[n+]32)cc1. The molecule has 328 valence electrons. The normalized spacial score (nSPS) is 15.0. The predicted octanol–water partition coefficient (Wildman–Crippen LogP) is 14.5. The third kappa shape index (κ3) is 5.78. The molecule has 11 aromatic rings. The summed E-state index contributed by atoms with van der Waals surface area (Å²) in [6, 6.07) is 69.8. The maximum atomic E-state index is 7.08. The Morgan fingerprint density at radius 1 is 0.529 bits per heavy atom. The largest absolute Gasteiger partial charge is 0.456 e. The summed E-state index contributed by atoms with van der Waals surface area (Å²) in [6.07, 6.45) is 2.57. The van der Waals surface area contributed by atoms with Crippen molar-refractivity contribution >= 4 is 46.2 Å². The van der Waals surface area contributed by atoms with E-state index in [1.165, 1.54) is 77.6 Å². The molecule has 1 atom stereocenters. The molecular formula is C63H53N3OSi+2. The minimum Gasteiger partial charge on any atom is -0.456 e. The Balaban J connectivity index is 1.19. The molecule has 1 unspecified atom stereocenters. The van der Waals surface area contributed by atoms with Crippen molar-refractivity contribution in [1.29, 1.82) is 0 Å². The van der Waals surface area contributed by atoms with E-state index in [1.807, 2.05) is 0 Å². The zero-order chi connectivity index (χ0) is 46.3. The van der Waals surface area contributed by atoms with Gasteiger partial charge in [0.25, 0.3) is 0 Å². The van der Waals surface area contributed by atoms with Gasteiger partial charge in [0.05, 0.1) is 30.3 Å². The van der Waals surface area contributed by atoms with E-state index in [-0.39, 0.29) is 5.41 Å². The maximum absolute atomic E-state index is 7.08. The van der Waals surface area contributed by atoms with E-state index in [1.54, 1.807) is 0 Å². The van der Waals surface area contributed by atoms with Crippen LogP contribution in [0.2, 0.25) is 19.6 Å². The van der Waals surface area contributed by atoms with E-state index >= 15 is 0 Å². The molecule has 0 saturated carbocycles. The molecule has 0 amide bonds. The number of hydrogen-bond acceptors (Lipinski definition) is 1. The fraction of sp³-hybridized carbons (Fsp3) is 0.143. The van der Waals surface area contributed by atoms with E-state index in [0.717, 1.165) is 44.5 Å². The second-order valence-corrected chi connectivity index (χ2v) is 26.1. The topological polar surface area (TPSA) is 25.8 Å². The number of fused-ring (bicyclic) bond motifs is 15. The Labute approximate surface area is 399 Å². The summed E-state index contributed by atoms with van der Waals surface area (Å²) in [4.78, 5) is 0. The first kappa shape index (κ1) is 40.7. The van der Waals surface area contributed by atoms with E-state index < -0.39 is 13.7 Å². The summed E-state index contributed by atoms with van der Waals surface area (Å²) >= 11 is 0. The molecule has 5 heteroatoms. The zero-order valence-electron chi connectivity index (χ0n) is 39.7. The fourth-order valence-corrected chi connectivity index (χ4v) is 13.4. The minimum absolute atomic E-state index is 0.0462. The zero-order valence-corrected chi connectivity index (χ0v) is 40.7. The van der Waals surface area contributed by atoms with Gasteiger partial charge in [-0.2, -0.15) is 4.57 Å². The van der Waals surface area contributed by atoms with Crippen molar-refractivity contribution < 1.29 is 13.6 Å². The second-order valence-electron chi connectivity index (χ2n) is 21.1. The van der Waals surface area contributed by atoms with Crippen LogP contribution in [0, 0.1) is 6.92 Å². The molecule has 0 fully saturated rings. The highest BCUT2D eigenvalue weighted by molar-refractivity contribution is 6.89. The number of imidazole rings is 1. The van der Waals surface area contributed by atoms with Gasteiger partial charge in [-0.15, -0.1) is 9.13 Å². The molecule has 2 aliphatic heterocycles. The van der Waals surface area contributed by atoms with Crippen molar-refractivity contribution in [3.05, 3.63) is 217 Å². The molecule has 1 spiro atoms. The predicted molar refractivity (Wildman–Crippen MR) is 283 cm³/mol. The average Bonchev–Trinajstić information content (AvgIpc) is 4.06. The summed E-state index contributed by atoms with van der Waals surface area (Å²) in [5.41, 5.74) is 20.3. The molecule has 0 bridgehead atoms. The molecule has 2 aliphatic rings. The van der Waals surface area contributed by atoms with Crippen LogP contribution in [-0.2, 0) is 11.1 Å². The number of para-hydroxylation sites is 2. The van der Waals surface area contributed by atoms with Gasteiger partial charge < -0.3 is 4.42 Å². The van der Waals surface area contributed by atoms with E-state index in [0.29, 0.717) is 0 Å². The standard InChI is InChI=1S/C63H53N3OSi/c1-40-26-28-42(29-27-40)45-30-32-46-49-36-50-52(38-59(49)67-58(46)35-45)63(51-23-15-14-22-47(51)57-37-53(62(2,3)4)60(39-64(57)63)68(5,6)7)66-56-25-17-16-24-55(56)65(61(50)66)54-33-31-44(41-18-10-8-11-19-41)34-48(54)43-20-12-9-13-21-43/h8-39H,1-7H3/q+2. The highest BCUT2D eigenvalue weighted by Crippen LogP contribution is 2.52. The van der Waals surface area contributed by atoms with Crippen molar-refractivity contribution in [3.63, 3.8) is 0 Å². The van der Waals surface area contributed by atoms with Gasteiger partial charge in [0.2, 0.25) is 5.69 Å². The number of aromatic nitrogens is 3. The lowest BCUT2D eigenvalue weighted by atomic mass is 9.86. The van der Waals surface area contributed by atoms with Crippen molar-refractivity contribution in [2.75, 3.05) is 0 Å². The van der Waals surface area contributed by atoms with E-state index in [2.05, 4.69) is 255 Å². The molecule has 0 aliphatic carbocycles. The number of nitrogens with zero attached hydrogens (tertiary/aromatic N) is 3. The number of pyridine rings is 1. The Bertz CT molecular complexity index is 3870. The van der Waals surface area contributed by atoms with Crippen LogP contribution in [0.3, 0.4) is 0 Å². The number of hydrogen-bond donors (Lipinski definition) is 0. The summed E-state index contributed by atoms with van der Waals surface area (Å²) in [7, 11) is -1.92. The third-order valence-electron chi connectivity index (χ3n) is 14.8. The molecule has 8 aromatic carbocycles. The van der Waals surface area contributed by atoms with Crippen LogP contribution in [0.15, 0.2) is 199 Å². The van der Waals surface area contributed by atoms with Crippen molar-refractivity contribution in [2.24, 2.45) is 0 Å². The minimum atomic E-state index is -1.92. The molecule has 13 rings (SSSR count). The van der Waals surface area contributed by atoms with Gasteiger partial charge in [0, 0.05) is 27.6 Å². The van der Waals surface area contributed by atoms with Gasteiger partial charge in [-0.1, -0.05) is 167 Å². The van der Waals surface area contributed by atoms with Gasteiger partial charge in [0.1, 0.15) is 16.9 Å². The molecule has 3 aromatic heterocycles. The summed E-state index contributed by atoms with van der Waals surface area (Å²) in [5, 5.41) is 3.71. The van der Waals surface area contributed by atoms with Gasteiger partial charge in [-0.05, 0) is 106 Å². The highest BCUT2D eigenvalue weighted by Gasteiger charge is 2.67. The summed E-state index contributed by atoms with van der Waals surface area (Å²) < 4.78 is 15.0. The first-order valence-corrected chi connectivity index (χ1v) is 27.5. The van der Waals surface area contributed by atoms with Gasteiger partial charge in [0.15, 0.2) is 17.2 Å². The molecular weight excluding hydrogens is 843 g/mol. The number of aryl methyl sites for hydroxylation is 1. The van der Waals surface area contributed by atoms with Crippen LogP contribution in [0.5, 0.6) is 0 Å². The van der Waals surface area contributed by atoms with Gasteiger partial charge in [-0.25, -0.2) is 0 Å². The summed E-state index contributed by atoms with van der Waals surface area (Å²) in [6.45, 7) is 16.8. The van der Waals surface area contributed by atoms with Gasteiger partial charge >= 0.3 is 11.5 Å². The Hall–Kier alpha value is -7.60. The van der Waals surface area contributed by atoms with E-state index in [4.69, 9.17) is 4.42 Å². The van der Waals surface area contributed by atoms with E-state index in [9.17, 15) is 0 Å². The Morgan fingerprint density at radius 2 is 1.16 bits per heavy atom. The molecule has 5 heterocycles. The van der Waals surface area contributed by atoms with Crippen LogP contribution < -0.4 is 14.3 Å². The lowest BCUT2D eigenvalue weighted by Crippen LogP contribution is -2.72. The van der Waals surface area contributed by atoms with Crippen molar-refractivity contribution in [1.82, 2.24) is 4.57 Å². The average molecular weight is 896 g/mol. The first-order chi connectivity index (χ1) is 32.9. The monoisotopic (exact) mass is 895 g/mol. The lowest BCUT2D eigenvalue weighted by Gasteiger charge is -2.29. The first-order valence-electron chi connectivity index (χ1n) is 24.0. The van der Waals surface area contributed by atoms with Crippen LogP contribution >= 0.6 is 0 Å². The van der Waals surface area contributed by atoms with Crippen LogP contribution in [0.25, 0.3) is 94.7 Å². The van der Waals surface area contributed by atoms with Crippen LogP contribution in [-0.4, -0.2) is 12.6 Å². The molecule has 4 nitrogen and oxygen atoms in total. The summed E-state index contributed by atoms with van der Waals surface area (Å²) in [5.74, 6) is 1.14. The molecule has 0 saturated heterocycles. The van der Waals surface area contributed by atoms with Crippen LogP contribution in [0.4, 0.5) is 0 Å². The van der Waals surface area contributed by atoms with Gasteiger partial charge in [-0.3, -0.25) is 0 Å². The molecule has 68 heavy (non-hydrogen) atoms. The van der Waals surface area contributed by atoms with Crippen molar-refractivity contribution in [3.8, 4) is 61.7 Å². The van der Waals surface area contributed by atoms with Crippen LogP contribution in [0.1, 0.15) is 43.0 Å². The maximum Gasteiger partial charge on any atom is 0.364 e. The Morgan fingerprint density at radius 3 is 1.91 bits per heavy atom.